The molecule has 0 radical (unpaired) electrons. The highest BCUT2D eigenvalue weighted by molar-refractivity contribution is 5.81. The molecule has 0 bridgehead atoms. The van der Waals surface area contributed by atoms with Crippen LogP contribution in [0.1, 0.15) is 38.4 Å². The number of carbonyl (C=O) groups excluding carboxylic acids is 1. The Bertz CT molecular complexity index is 495. The monoisotopic (exact) mass is 293 g/mol. The van der Waals surface area contributed by atoms with Gasteiger partial charge in [0.2, 0.25) is 0 Å². The topological polar surface area (TPSA) is 59.0 Å². The molecule has 2 unspecified atom stereocenters. The summed E-state index contributed by atoms with van der Waals surface area (Å²) in [4.78, 5) is 14.1. The summed E-state index contributed by atoms with van der Waals surface area (Å²) in [5, 5.41) is 9.82. The van der Waals surface area contributed by atoms with Gasteiger partial charge >= 0.3 is 0 Å². The van der Waals surface area contributed by atoms with E-state index in [1.807, 2.05) is 4.90 Å². The predicted octanol–water partition coefficient (Wildman–Crippen LogP) is 2.14. The van der Waals surface area contributed by atoms with Gasteiger partial charge in [0.25, 0.3) is 5.91 Å². The molecule has 1 amide bonds. The summed E-state index contributed by atoms with van der Waals surface area (Å²) in [5.74, 6) is 1.12. The van der Waals surface area contributed by atoms with Crippen molar-refractivity contribution >= 4 is 5.91 Å². The first-order chi connectivity index (χ1) is 10.0. The standard InChI is InChI=1S/C16H23NO4/c1-11(18)14-7-6-13(20-3)10-15(14)21-12(2)16(19)17-8-4-5-9-17/h6-7,10-12,18H,4-5,8-9H2,1-3H3. The number of ether oxygens (including phenoxy) is 2. The molecule has 0 aliphatic carbocycles. The van der Waals surface area contributed by atoms with Gasteiger partial charge in [-0.1, -0.05) is 0 Å². The van der Waals surface area contributed by atoms with E-state index in [4.69, 9.17) is 9.47 Å². The molecule has 1 aliphatic heterocycles. The van der Waals surface area contributed by atoms with E-state index in [1.54, 1.807) is 39.2 Å². The van der Waals surface area contributed by atoms with Gasteiger partial charge in [-0.05, 0) is 38.8 Å². The zero-order valence-corrected chi connectivity index (χ0v) is 12.8. The Morgan fingerprint density at radius 2 is 1.95 bits per heavy atom. The molecular formula is C16H23NO4. The van der Waals surface area contributed by atoms with Crippen molar-refractivity contribution in [2.75, 3.05) is 20.2 Å². The third-order valence-electron chi connectivity index (χ3n) is 3.74. The lowest BCUT2D eigenvalue weighted by Crippen LogP contribution is -2.38. The van der Waals surface area contributed by atoms with Crippen LogP contribution in [0.3, 0.4) is 0 Å². The highest BCUT2D eigenvalue weighted by Crippen LogP contribution is 2.30. The summed E-state index contributed by atoms with van der Waals surface area (Å²) < 4.78 is 11.0. The first-order valence-electron chi connectivity index (χ1n) is 7.34. The van der Waals surface area contributed by atoms with Crippen molar-refractivity contribution in [1.82, 2.24) is 4.90 Å². The van der Waals surface area contributed by atoms with E-state index in [-0.39, 0.29) is 5.91 Å². The minimum absolute atomic E-state index is 0.00753. The predicted molar refractivity (Wildman–Crippen MR) is 79.5 cm³/mol. The lowest BCUT2D eigenvalue weighted by Gasteiger charge is -2.23. The van der Waals surface area contributed by atoms with Crippen molar-refractivity contribution in [3.8, 4) is 11.5 Å². The minimum Gasteiger partial charge on any atom is -0.497 e. The number of amides is 1. The fraction of sp³-hybridized carbons (Fsp3) is 0.562. The van der Waals surface area contributed by atoms with Crippen LogP contribution < -0.4 is 9.47 Å². The molecule has 1 heterocycles. The van der Waals surface area contributed by atoms with Crippen LogP contribution in [0, 0.1) is 0 Å². The van der Waals surface area contributed by atoms with Crippen molar-refractivity contribution in [3.05, 3.63) is 23.8 Å². The molecule has 1 fully saturated rings. The summed E-state index contributed by atoms with van der Waals surface area (Å²) in [6.45, 7) is 5.01. The van der Waals surface area contributed by atoms with Gasteiger partial charge < -0.3 is 19.5 Å². The summed E-state index contributed by atoms with van der Waals surface area (Å²) in [6, 6.07) is 5.23. The summed E-state index contributed by atoms with van der Waals surface area (Å²) in [5.41, 5.74) is 0.650. The maximum absolute atomic E-state index is 12.3. The molecular weight excluding hydrogens is 270 g/mol. The van der Waals surface area contributed by atoms with Gasteiger partial charge in [0.15, 0.2) is 6.10 Å². The Kier molecular flexibility index (Phi) is 5.07. The van der Waals surface area contributed by atoms with Crippen LogP contribution in [0.5, 0.6) is 11.5 Å². The molecule has 1 aromatic carbocycles. The van der Waals surface area contributed by atoms with Gasteiger partial charge in [-0.3, -0.25) is 4.79 Å². The highest BCUT2D eigenvalue weighted by Gasteiger charge is 2.25. The molecule has 0 aromatic heterocycles. The van der Waals surface area contributed by atoms with Crippen LogP contribution in [-0.4, -0.2) is 42.2 Å². The van der Waals surface area contributed by atoms with Gasteiger partial charge in [0, 0.05) is 24.7 Å². The molecule has 5 nitrogen and oxygen atoms in total. The number of likely N-dealkylation sites (tertiary alicyclic amines) is 1. The molecule has 21 heavy (non-hydrogen) atoms. The van der Waals surface area contributed by atoms with Gasteiger partial charge in [0.1, 0.15) is 11.5 Å². The van der Waals surface area contributed by atoms with Crippen LogP contribution in [0.4, 0.5) is 0 Å². The van der Waals surface area contributed by atoms with Crippen LogP contribution in [0.2, 0.25) is 0 Å². The number of carbonyl (C=O) groups is 1. The molecule has 2 rings (SSSR count). The molecule has 116 valence electrons. The van der Waals surface area contributed by atoms with Gasteiger partial charge in [-0.2, -0.15) is 0 Å². The van der Waals surface area contributed by atoms with Crippen molar-refractivity contribution < 1.29 is 19.4 Å². The zero-order chi connectivity index (χ0) is 15.4. The summed E-state index contributed by atoms with van der Waals surface area (Å²) >= 11 is 0. The second-order valence-corrected chi connectivity index (χ2v) is 5.37. The number of benzene rings is 1. The van der Waals surface area contributed by atoms with E-state index < -0.39 is 12.2 Å². The number of aliphatic hydroxyl groups is 1. The first-order valence-corrected chi connectivity index (χ1v) is 7.34. The number of hydrogen-bond donors (Lipinski definition) is 1. The molecule has 1 aliphatic rings. The van der Waals surface area contributed by atoms with Crippen LogP contribution in [0.15, 0.2) is 18.2 Å². The van der Waals surface area contributed by atoms with E-state index in [2.05, 4.69) is 0 Å². The van der Waals surface area contributed by atoms with E-state index in [9.17, 15) is 9.90 Å². The molecule has 0 saturated carbocycles. The third kappa shape index (κ3) is 3.67. The number of aliphatic hydroxyl groups excluding tert-OH is 1. The molecule has 2 atom stereocenters. The molecule has 1 saturated heterocycles. The molecule has 1 aromatic rings. The van der Waals surface area contributed by atoms with Crippen molar-refractivity contribution in [1.29, 1.82) is 0 Å². The number of methoxy groups -OCH3 is 1. The van der Waals surface area contributed by atoms with Crippen LogP contribution >= 0.6 is 0 Å². The fourth-order valence-corrected chi connectivity index (χ4v) is 2.52. The Morgan fingerprint density at radius 3 is 2.52 bits per heavy atom. The fourth-order valence-electron chi connectivity index (χ4n) is 2.52. The van der Waals surface area contributed by atoms with Gasteiger partial charge in [-0.25, -0.2) is 0 Å². The first kappa shape index (κ1) is 15.6. The quantitative estimate of drug-likeness (QED) is 0.903. The lowest BCUT2D eigenvalue weighted by molar-refractivity contribution is -0.136. The second-order valence-electron chi connectivity index (χ2n) is 5.37. The number of hydrogen-bond acceptors (Lipinski definition) is 4. The Morgan fingerprint density at radius 1 is 1.29 bits per heavy atom. The van der Waals surface area contributed by atoms with E-state index in [0.29, 0.717) is 17.1 Å². The second kappa shape index (κ2) is 6.80. The highest BCUT2D eigenvalue weighted by atomic mass is 16.5. The minimum atomic E-state index is -0.667. The summed E-state index contributed by atoms with van der Waals surface area (Å²) in [7, 11) is 1.57. The average molecular weight is 293 g/mol. The van der Waals surface area contributed by atoms with E-state index in [0.717, 1.165) is 25.9 Å². The molecule has 5 heteroatoms. The smallest absolute Gasteiger partial charge is 0.263 e. The Hall–Kier alpha value is -1.75. The van der Waals surface area contributed by atoms with Gasteiger partial charge in [0.05, 0.1) is 13.2 Å². The molecule has 0 spiro atoms. The largest absolute Gasteiger partial charge is 0.497 e. The normalized spacial score (nSPS) is 17.4. The molecule has 1 N–H and O–H groups in total. The third-order valence-corrected chi connectivity index (χ3v) is 3.74. The summed E-state index contributed by atoms with van der Waals surface area (Å²) in [6.07, 6.45) is 0.861. The lowest BCUT2D eigenvalue weighted by atomic mass is 10.1. The average Bonchev–Trinajstić information content (AvgIpc) is 3.00. The van der Waals surface area contributed by atoms with Crippen LogP contribution in [0.25, 0.3) is 0 Å². The maximum Gasteiger partial charge on any atom is 0.263 e. The Labute approximate surface area is 125 Å². The number of nitrogens with zero attached hydrogens (tertiary/aromatic N) is 1. The maximum atomic E-state index is 12.3. The SMILES string of the molecule is COc1ccc(C(C)O)c(OC(C)C(=O)N2CCCC2)c1. The number of rotatable bonds is 5. The zero-order valence-electron chi connectivity index (χ0n) is 12.8. The van der Waals surface area contributed by atoms with Gasteiger partial charge in [-0.15, -0.1) is 0 Å². The van der Waals surface area contributed by atoms with Crippen molar-refractivity contribution in [2.24, 2.45) is 0 Å². The van der Waals surface area contributed by atoms with Crippen LogP contribution in [-0.2, 0) is 4.79 Å². The Balaban J connectivity index is 2.14. The van der Waals surface area contributed by atoms with Crippen molar-refractivity contribution in [2.45, 2.75) is 38.9 Å². The van der Waals surface area contributed by atoms with Crippen molar-refractivity contribution in [3.63, 3.8) is 0 Å². The van der Waals surface area contributed by atoms with E-state index >= 15 is 0 Å². The van der Waals surface area contributed by atoms with E-state index in [1.165, 1.54) is 0 Å².